The van der Waals surface area contributed by atoms with Gasteiger partial charge in [0.2, 0.25) is 0 Å². The summed E-state index contributed by atoms with van der Waals surface area (Å²) in [5.74, 6) is -0.0652. The Morgan fingerprint density at radius 1 is 1.55 bits per heavy atom. The van der Waals surface area contributed by atoms with Crippen LogP contribution in [-0.4, -0.2) is 45.3 Å². The smallest absolute Gasteiger partial charge is 0.275 e. The van der Waals surface area contributed by atoms with Crippen LogP contribution in [0.4, 0.5) is 0 Å². The molecule has 3 rings (SSSR count). The summed E-state index contributed by atoms with van der Waals surface area (Å²) in [4.78, 5) is 18.9. The highest BCUT2D eigenvalue weighted by molar-refractivity contribution is 7.09. The molecular weight excluding hydrogens is 276 g/mol. The Morgan fingerprint density at radius 3 is 3.05 bits per heavy atom. The maximum Gasteiger partial charge on any atom is 0.275 e. The zero-order valence-corrected chi connectivity index (χ0v) is 12.3. The first kappa shape index (κ1) is 13.3. The molecule has 1 fully saturated rings. The van der Waals surface area contributed by atoms with E-state index >= 15 is 0 Å². The Hall–Kier alpha value is -1.73. The van der Waals surface area contributed by atoms with Crippen molar-refractivity contribution in [2.45, 2.75) is 13.0 Å². The number of nitrogens with zero attached hydrogens (tertiary/aromatic N) is 4. The highest BCUT2D eigenvalue weighted by Gasteiger charge is 2.31. The molecule has 1 amide bonds. The zero-order valence-electron chi connectivity index (χ0n) is 11.4. The zero-order chi connectivity index (χ0) is 14.1. The molecular formula is C13H16N4O2S. The molecule has 1 unspecified atom stereocenters. The van der Waals surface area contributed by atoms with Gasteiger partial charge in [0, 0.05) is 25.2 Å². The van der Waals surface area contributed by atoms with Crippen molar-refractivity contribution in [3.05, 3.63) is 34.0 Å². The van der Waals surface area contributed by atoms with Gasteiger partial charge in [-0.1, -0.05) is 0 Å². The molecule has 0 saturated carbocycles. The van der Waals surface area contributed by atoms with Crippen molar-refractivity contribution in [1.82, 2.24) is 19.7 Å². The van der Waals surface area contributed by atoms with E-state index in [2.05, 4.69) is 10.1 Å². The van der Waals surface area contributed by atoms with Gasteiger partial charge in [-0.25, -0.2) is 4.98 Å². The molecule has 2 aromatic rings. The topological polar surface area (TPSA) is 60.2 Å². The first-order valence-corrected chi connectivity index (χ1v) is 7.33. The van der Waals surface area contributed by atoms with Crippen molar-refractivity contribution in [3.63, 3.8) is 0 Å². The second kappa shape index (κ2) is 5.34. The average molecular weight is 292 g/mol. The second-order valence-electron chi connectivity index (χ2n) is 4.76. The molecule has 1 aliphatic heterocycles. The molecule has 2 aromatic heterocycles. The van der Waals surface area contributed by atoms with E-state index in [0.29, 0.717) is 25.5 Å². The van der Waals surface area contributed by atoms with Crippen LogP contribution in [0.15, 0.2) is 17.6 Å². The van der Waals surface area contributed by atoms with E-state index in [4.69, 9.17) is 4.74 Å². The normalized spacial score (nSPS) is 19.3. The standard InChI is InChI=1S/C13H16N4O2S/c1-9-14-11(8-20-9)12-7-19-6-5-17(12)13(18)10-3-4-16(2)15-10/h3-4,8,12H,5-7H2,1-2H3. The number of carbonyl (C=O) groups excluding carboxylic acids is 1. The molecule has 7 heteroatoms. The SMILES string of the molecule is Cc1nc(C2COCCN2C(=O)c2ccn(C)n2)cs1. The molecule has 0 bridgehead atoms. The van der Waals surface area contributed by atoms with Gasteiger partial charge in [0.05, 0.1) is 30.0 Å². The molecule has 1 aliphatic rings. The van der Waals surface area contributed by atoms with Gasteiger partial charge in [0.25, 0.3) is 5.91 Å². The number of aryl methyl sites for hydroxylation is 2. The number of aromatic nitrogens is 3. The first-order chi connectivity index (χ1) is 9.65. The molecule has 6 nitrogen and oxygen atoms in total. The summed E-state index contributed by atoms with van der Waals surface area (Å²) in [5.41, 5.74) is 1.36. The van der Waals surface area contributed by atoms with E-state index in [1.165, 1.54) is 0 Å². The third-order valence-corrected chi connectivity index (χ3v) is 4.09. The lowest BCUT2D eigenvalue weighted by atomic mass is 10.1. The van der Waals surface area contributed by atoms with Crippen molar-refractivity contribution >= 4 is 17.2 Å². The summed E-state index contributed by atoms with van der Waals surface area (Å²) < 4.78 is 7.15. The predicted octanol–water partition coefficient (Wildman–Crippen LogP) is 1.40. The molecule has 0 N–H and O–H groups in total. The maximum atomic E-state index is 12.6. The number of carbonyl (C=O) groups is 1. The second-order valence-corrected chi connectivity index (χ2v) is 5.82. The van der Waals surface area contributed by atoms with Crippen LogP contribution in [-0.2, 0) is 11.8 Å². The molecule has 0 radical (unpaired) electrons. The van der Waals surface area contributed by atoms with Gasteiger partial charge in [-0.3, -0.25) is 9.48 Å². The quantitative estimate of drug-likeness (QED) is 0.839. The van der Waals surface area contributed by atoms with Crippen LogP contribution < -0.4 is 0 Å². The van der Waals surface area contributed by atoms with Gasteiger partial charge < -0.3 is 9.64 Å². The van der Waals surface area contributed by atoms with E-state index < -0.39 is 0 Å². The van der Waals surface area contributed by atoms with Crippen molar-refractivity contribution < 1.29 is 9.53 Å². The summed E-state index contributed by atoms with van der Waals surface area (Å²) in [6.07, 6.45) is 1.77. The van der Waals surface area contributed by atoms with Gasteiger partial charge in [0.1, 0.15) is 5.69 Å². The van der Waals surface area contributed by atoms with E-state index in [1.807, 2.05) is 12.3 Å². The Bertz CT molecular complexity index is 621. The largest absolute Gasteiger partial charge is 0.377 e. The third kappa shape index (κ3) is 2.46. The molecule has 3 heterocycles. The van der Waals surface area contributed by atoms with E-state index in [1.54, 1.807) is 40.2 Å². The molecule has 20 heavy (non-hydrogen) atoms. The van der Waals surface area contributed by atoms with E-state index in [-0.39, 0.29) is 11.9 Å². The number of amides is 1. The maximum absolute atomic E-state index is 12.6. The number of thiazole rings is 1. The Labute approximate surface area is 121 Å². The summed E-state index contributed by atoms with van der Waals surface area (Å²) in [6, 6.07) is 1.62. The fourth-order valence-corrected chi connectivity index (χ4v) is 2.96. The van der Waals surface area contributed by atoms with E-state index in [0.717, 1.165) is 10.7 Å². The minimum Gasteiger partial charge on any atom is -0.377 e. The summed E-state index contributed by atoms with van der Waals surface area (Å²) in [5, 5.41) is 7.18. The average Bonchev–Trinajstić information content (AvgIpc) is 3.07. The van der Waals surface area contributed by atoms with Crippen LogP contribution in [0.1, 0.15) is 27.2 Å². The third-order valence-electron chi connectivity index (χ3n) is 3.30. The Morgan fingerprint density at radius 2 is 2.40 bits per heavy atom. The van der Waals surface area contributed by atoms with Gasteiger partial charge in [-0.05, 0) is 13.0 Å². The molecule has 0 aliphatic carbocycles. The summed E-state index contributed by atoms with van der Waals surface area (Å²) in [6.45, 7) is 3.57. The number of ether oxygens (including phenoxy) is 1. The van der Waals surface area contributed by atoms with Crippen molar-refractivity contribution in [1.29, 1.82) is 0 Å². The first-order valence-electron chi connectivity index (χ1n) is 6.45. The number of hydrogen-bond donors (Lipinski definition) is 0. The van der Waals surface area contributed by atoms with Crippen LogP contribution in [0.2, 0.25) is 0 Å². The Balaban J connectivity index is 1.87. The fourth-order valence-electron chi connectivity index (χ4n) is 2.30. The highest BCUT2D eigenvalue weighted by atomic mass is 32.1. The molecule has 106 valence electrons. The van der Waals surface area contributed by atoms with Gasteiger partial charge >= 0.3 is 0 Å². The minimum atomic E-state index is -0.122. The number of rotatable bonds is 2. The lowest BCUT2D eigenvalue weighted by molar-refractivity contribution is -0.00410. The number of hydrogen-bond acceptors (Lipinski definition) is 5. The summed E-state index contributed by atoms with van der Waals surface area (Å²) in [7, 11) is 1.80. The van der Waals surface area contributed by atoms with Gasteiger partial charge in [-0.15, -0.1) is 11.3 Å². The number of morpholine rings is 1. The lowest BCUT2D eigenvalue weighted by Crippen LogP contribution is -2.43. The van der Waals surface area contributed by atoms with Crippen LogP contribution >= 0.6 is 11.3 Å². The lowest BCUT2D eigenvalue weighted by Gasteiger charge is -2.34. The minimum absolute atomic E-state index is 0.0652. The van der Waals surface area contributed by atoms with Crippen molar-refractivity contribution in [2.24, 2.45) is 7.05 Å². The monoisotopic (exact) mass is 292 g/mol. The van der Waals surface area contributed by atoms with Crippen LogP contribution in [0.3, 0.4) is 0 Å². The Kier molecular flexibility index (Phi) is 3.54. The highest BCUT2D eigenvalue weighted by Crippen LogP contribution is 2.26. The van der Waals surface area contributed by atoms with E-state index in [9.17, 15) is 4.79 Å². The van der Waals surface area contributed by atoms with Gasteiger partial charge in [0.15, 0.2) is 0 Å². The van der Waals surface area contributed by atoms with Crippen LogP contribution in [0, 0.1) is 6.92 Å². The van der Waals surface area contributed by atoms with Crippen molar-refractivity contribution in [3.8, 4) is 0 Å². The molecule has 1 atom stereocenters. The predicted molar refractivity (Wildman–Crippen MR) is 74.7 cm³/mol. The summed E-state index contributed by atoms with van der Waals surface area (Å²) >= 11 is 1.59. The molecule has 1 saturated heterocycles. The molecule has 0 spiro atoms. The van der Waals surface area contributed by atoms with Gasteiger partial charge in [-0.2, -0.15) is 5.10 Å². The van der Waals surface area contributed by atoms with Crippen LogP contribution in [0.5, 0.6) is 0 Å². The van der Waals surface area contributed by atoms with Crippen LogP contribution in [0.25, 0.3) is 0 Å². The van der Waals surface area contributed by atoms with Crippen molar-refractivity contribution in [2.75, 3.05) is 19.8 Å². The fraction of sp³-hybridized carbons (Fsp3) is 0.462. The molecule has 0 aromatic carbocycles.